The molecule has 0 saturated heterocycles. The van der Waals surface area contributed by atoms with Crippen LogP contribution in [0.1, 0.15) is 18.1 Å². The first kappa shape index (κ1) is 14.1. The zero-order valence-corrected chi connectivity index (χ0v) is 11.1. The van der Waals surface area contributed by atoms with Crippen LogP contribution in [0.3, 0.4) is 0 Å². The van der Waals surface area contributed by atoms with Crippen LogP contribution in [0.4, 0.5) is 4.39 Å². The fourth-order valence-corrected chi connectivity index (χ4v) is 2.13. The zero-order valence-electron chi connectivity index (χ0n) is 11.1. The highest BCUT2D eigenvalue weighted by Gasteiger charge is 2.15. The van der Waals surface area contributed by atoms with Crippen molar-refractivity contribution in [1.29, 1.82) is 0 Å². The lowest BCUT2D eigenvalue weighted by Crippen LogP contribution is -2.05. The number of hydrogen-bond donors (Lipinski definition) is 2. The second-order valence-electron chi connectivity index (χ2n) is 4.57. The third-order valence-corrected chi connectivity index (χ3v) is 3.17. The molecule has 2 rings (SSSR count). The van der Waals surface area contributed by atoms with Gasteiger partial charge in [-0.3, -0.25) is 4.79 Å². The Labute approximate surface area is 116 Å². The van der Waals surface area contributed by atoms with Gasteiger partial charge in [0.05, 0.1) is 6.42 Å². The second-order valence-corrected chi connectivity index (χ2v) is 4.57. The number of carboxylic acids is 1. The maximum absolute atomic E-state index is 14.1. The first-order valence-electron chi connectivity index (χ1n) is 6.33. The van der Waals surface area contributed by atoms with Crippen molar-refractivity contribution in [1.82, 2.24) is 0 Å². The number of halogens is 1. The van der Waals surface area contributed by atoms with Crippen molar-refractivity contribution in [2.24, 2.45) is 0 Å². The van der Waals surface area contributed by atoms with Crippen molar-refractivity contribution in [3.8, 4) is 16.9 Å². The van der Waals surface area contributed by atoms with E-state index in [1.807, 2.05) is 6.92 Å². The normalized spacial score (nSPS) is 10.5. The molecule has 0 saturated carbocycles. The van der Waals surface area contributed by atoms with E-state index in [9.17, 15) is 14.3 Å². The summed E-state index contributed by atoms with van der Waals surface area (Å²) in [7, 11) is 0. The average Bonchev–Trinajstić information content (AvgIpc) is 2.41. The molecule has 0 aliphatic rings. The molecule has 0 aliphatic heterocycles. The van der Waals surface area contributed by atoms with E-state index in [0.717, 1.165) is 5.56 Å². The lowest BCUT2D eigenvalue weighted by molar-refractivity contribution is -0.136. The summed E-state index contributed by atoms with van der Waals surface area (Å²) < 4.78 is 14.1. The van der Waals surface area contributed by atoms with Gasteiger partial charge < -0.3 is 10.2 Å². The molecule has 2 aromatic rings. The minimum Gasteiger partial charge on any atom is -0.508 e. The van der Waals surface area contributed by atoms with E-state index < -0.39 is 11.8 Å². The van der Waals surface area contributed by atoms with Gasteiger partial charge in [-0.2, -0.15) is 0 Å². The smallest absolute Gasteiger partial charge is 0.307 e. The lowest BCUT2D eigenvalue weighted by Gasteiger charge is -2.12. The summed E-state index contributed by atoms with van der Waals surface area (Å²) in [6.45, 7) is 1.91. The minimum absolute atomic E-state index is 0.112. The van der Waals surface area contributed by atoms with Crippen molar-refractivity contribution in [2.75, 3.05) is 0 Å². The summed E-state index contributed by atoms with van der Waals surface area (Å²) >= 11 is 0. The molecule has 2 N–H and O–H groups in total. The number of aromatic hydroxyl groups is 1. The summed E-state index contributed by atoms with van der Waals surface area (Å²) in [6, 6.07) is 9.46. The van der Waals surface area contributed by atoms with E-state index >= 15 is 0 Å². The van der Waals surface area contributed by atoms with E-state index in [4.69, 9.17) is 5.11 Å². The Morgan fingerprint density at radius 1 is 1.20 bits per heavy atom. The van der Waals surface area contributed by atoms with Gasteiger partial charge in [0.15, 0.2) is 0 Å². The molecule has 0 aromatic heterocycles. The molecule has 20 heavy (non-hydrogen) atoms. The van der Waals surface area contributed by atoms with Gasteiger partial charge in [0.2, 0.25) is 0 Å². The second kappa shape index (κ2) is 5.74. The fourth-order valence-electron chi connectivity index (χ4n) is 2.13. The lowest BCUT2D eigenvalue weighted by atomic mass is 9.94. The van der Waals surface area contributed by atoms with E-state index in [0.29, 0.717) is 17.5 Å². The largest absolute Gasteiger partial charge is 0.508 e. The summed E-state index contributed by atoms with van der Waals surface area (Å²) in [6.07, 6.45) is 0.293. The Hall–Kier alpha value is -2.36. The monoisotopic (exact) mass is 274 g/mol. The Kier molecular flexibility index (Phi) is 4.03. The highest BCUT2D eigenvalue weighted by molar-refractivity contribution is 5.77. The average molecular weight is 274 g/mol. The number of carboxylic acid groups (broad SMARTS) is 1. The topological polar surface area (TPSA) is 57.5 Å². The van der Waals surface area contributed by atoms with Crippen LogP contribution in [0.2, 0.25) is 0 Å². The van der Waals surface area contributed by atoms with Crippen LogP contribution in [0.25, 0.3) is 11.1 Å². The number of carbonyl (C=O) groups is 1. The predicted molar refractivity (Wildman–Crippen MR) is 74.2 cm³/mol. The summed E-state index contributed by atoms with van der Waals surface area (Å²) in [5.74, 6) is -1.47. The van der Waals surface area contributed by atoms with Gasteiger partial charge in [0.1, 0.15) is 11.6 Å². The number of hydrogen-bond acceptors (Lipinski definition) is 2. The van der Waals surface area contributed by atoms with Crippen molar-refractivity contribution in [3.63, 3.8) is 0 Å². The summed E-state index contributed by atoms with van der Waals surface area (Å²) in [5.41, 5.74) is 2.22. The minimum atomic E-state index is -1.08. The molecular weight excluding hydrogens is 259 g/mol. The first-order valence-corrected chi connectivity index (χ1v) is 6.33. The van der Waals surface area contributed by atoms with Gasteiger partial charge in [-0.15, -0.1) is 0 Å². The molecule has 0 spiro atoms. The molecule has 0 aliphatic carbocycles. The number of rotatable bonds is 4. The SMILES string of the molecule is CCc1cc(F)c(CC(=O)O)c(-c2ccc(O)cc2)c1. The Morgan fingerprint density at radius 2 is 1.85 bits per heavy atom. The molecule has 4 heteroatoms. The number of phenols is 1. The molecule has 0 bridgehead atoms. The molecule has 0 radical (unpaired) electrons. The zero-order chi connectivity index (χ0) is 14.7. The number of aryl methyl sites for hydroxylation is 1. The Balaban J connectivity index is 2.61. The van der Waals surface area contributed by atoms with Gasteiger partial charge in [-0.1, -0.05) is 25.1 Å². The van der Waals surface area contributed by atoms with Gasteiger partial charge in [0.25, 0.3) is 0 Å². The maximum atomic E-state index is 14.1. The van der Waals surface area contributed by atoms with Crippen LogP contribution in [-0.2, 0) is 17.6 Å². The van der Waals surface area contributed by atoms with Crippen LogP contribution < -0.4 is 0 Å². The van der Waals surface area contributed by atoms with Gasteiger partial charge in [-0.25, -0.2) is 4.39 Å². The van der Waals surface area contributed by atoms with Crippen LogP contribution >= 0.6 is 0 Å². The number of aliphatic carboxylic acids is 1. The van der Waals surface area contributed by atoms with Gasteiger partial charge in [0, 0.05) is 5.56 Å². The molecular formula is C16H15FO3. The van der Waals surface area contributed by atoms with Gasteiger partial charge >= 0.3 is 5.97 Å². The van der Waals surface area contributed by atoms with Gasteiger partial charge in [-0.05, 0) is 41.3 Å². The highest BCUT2D eigenvalue weighted by atomic mass is 19.1. The van der Waals surface area contributed by atoms with Crippen molar-refractivity contribution >= 4 is 5.97 Å². The third-order valence-electron chi connectivity index (χ3n) is 3.17. The standard InChI is InChI=1S/C16H15FO3/c1-2-10-7-13(11-3-5-12(18)6-4-11)14(9-16(19)20)15(17)8-10/h3-8,18H,2,9H2,1H3,(H,19,20). The molecule has 0 atom stereocenters. The highest BCUT2D eigenvalue weighted by Crippen LogP contribution is 2.29. The molecule has 0 fully saturated rings. The van der Waals surface area contributed by atoms with Crippen molar-refractivity contribution in [2.45, 2.75) is 19.8 Å². The Bertz CT molecular complexity index is 633. The predicted octanol–water partition coefficient (Wildman–Crippen LogP) is 3.39. The van der Waals surface area contributed by atoms with E-state index in [2.05, 4.69) is 0 Å². The molecule has 3 nitrogen and oxygen atoms in total. The molecule has 104 valence electrons. The van der Waals surface area contributed by atoms with Crippen LogP contribution in [-0.4, -0.2) is 16.2 Å². The maximum Gasteiger partial charge on any atom is 0.307 e. The summed E-state index contributed by atoms with van der Waals surface area (Å²) in [5, 5.41) is 18.2. The first-order chi connectivity index (χ1) is 9.51. The molecule has 2 aromatic carbocycles. The molecule has 0 unspecified atom stereocenters. The third kappa shape index (κ3) is 2.96. The number of benzene rings is 2. The van der Waals surface area contributed by atoms with E-state index in [1.165, 1.54) is 18.2 Å². The molecule has 0 heterocycles. The van der Waals surface area contributed by atoms with Crippen LogP contribution in [0, 0.1) is 5.82 Å². The van der Waals surface area contributed by atoms with Crippen LogP contribution in [0.5, 0.6) is 5.75 Å². The van der Waals surface area contributed by atoms with Crippen molar-refractivity contribution in [3.05, 3.63) is 53.3 Å². The van der Waals surface area contributed by atoms with Crippen LogP contribution in [0.15, 0.2) is 36.4 Å². The molecule has 0 amide bonds. The summed E-state index contributed by atoms with van der Waals surface area (Å²) in [4.78, 5) is 10.9. The Morgan fingerprint density at radius 3 is 2.40 bits per heavy atom. The van der Waals surface area contributed by atoms with E-state index in [-0.39, 0.29) is 17.7 Å². The van der Waals surface area contributed by atoms with Crippen molar-refractivity contribution < 1.29 is 19.4 Å². The number of phenolic OH excluding ortho intramolecular Hbond substituents is 1. The quantitative estimate of drug-likeness (QED) is 0.898. The fraction of sp³-hybridized carbons (Fsp3) is 0.188. The van der Waals surface area contributed by atoms with E-state index in [1.54, 1.807) is 18.2 Å².